The molecule has 1 fully saturated rings. The van der Waals surface area contributed by atoms with Gasteiger partial charge in [0.1, 0.15) is 12.4 Å². The summed E-state index contributed by atoms with van der Waals surface area (Å²) in [6.45, 7) is 0.195. The van der Waals surface area contributed by atoms with E-state index in [1.54, 1.807) is 72.8 Å². The summed E-state index contributed by atoms with van der Waals surface area (Å²) >= 11 is 10.2. The molecule has 1 heterocycles. The number of ether oxygens (including phenoxy) is 3. The molecule has 1 aliphatic heterocycles. The first-order valence-corrected chi connectivity index (χ1v) is 12.6. The fourth-order valence-electron chi connectivity index (χ4n) is 3.29. The van der Waals surface area contributed by atoms with Gasteiger partial charge in [-0.25, -0.2) is 4.79 Å². The van der Waals surface area contributed by atoms with Gasteiger partial charge < -0.3 is 14.2 Å². The van der Waals surface area contributed by atoms with Gasteiger partial charge >= 0.3 is 5.97 Å². The van der Waals surface area contributed by atoms with Gasteiger partial charge in [0.15, 0.2) is 11.5 Å². The molecule has 0 unspecified atom stereocenters. The number of hydrogen-bond donors (Lipinski definition) is 0. The van der Waals surface area contributed by atoms with E-state index in [1.165, 1.54) is 7.11 Å². The molecule has 7 nitrogen and oxygen atoms in total. The highest BCUT2D eigenvalue weighted by atomic mass is 79.9. The van der Waals surface area contributed by atoms with Gasteiger partial charge in [0.05, 0.1) is 29.1 Å². The first kappa shape index (κ1) is 25.8. The summed E-state index contributed by atoms with van der Waals surface area (Å²) in [6.07, 6.45) is 1.59. The maximum Gasteiger partial charge on any atom is 0.344 e. The van der Waals surface area contributed by atoms with E-state index < -0.39 is 11.9 Å². The lowest BCUT2D eigenvalue weighted by Crippen LogP contribution is -2.32. The molecule has 0 radical (unpaired) electrons. The Morgan fingerprint density at radius 1 is 1.03 bits per heavy atom. The van der Waals surface area contributed by atoms with Crippen molar-refractivity contribution in [3.8, 4) is 17.2 Å². The lowest BCUT2D eigenvalue weighted by atomic mass is 10.1. The molecule has 3 aromatic carbocycles. The van der Waals surface area contributed by atoms with E-state index in [0.29, 0.717) is 32.1 Å². The van der Waals surface area contributed by atoms with Gasteiger partial charge in [-0.1, -0.05) is 41.9 Å². The van der Waals surface area contributed by atoms with E-state index in [2.05, 4.69) is 15.9 Å². The highest BCUT2D eigenvalue weighted by molar-refractivity contribution is 9.10. The number of esters is 1. The molecule has 0 aliphatic carbocycles. The van der Waals surface area contributed by atoms with Crippen LogP contribution in [0.4, 0.5) is 4.79 Å². The first-order valence-electron chi connectivity index (χ1n) is 10.6. The van der Waals surface area contributed by atoms with Crippen LogP contribution in [-0.4, -0.2) is 42.3 Å². The van der Waals surface area contributed by atoms with Crippen LogP contribution in [0.2, 0.25) is 5.02 Å². The van der Waals surface area contributed by atoms with Crippen molar-refractivity contribution in [1.82, 2.24) is 4.90 Å². The van der Waals surface area contributed by atoms with E-state index in [0.717, 1.165) is 16.7 Å². The Morgan fingerprint density at radius 2 is 1.78 bits per heavy atom. The van der Waals surface area contributed by atoms with Crippen LogP contribution in [0.1, 0.15) is 15.9 Å². The molecule has 10 heteroatoms. The van der Waals surface area contributed by atoms with Crippen molar-refractivity contribution in [2.75, 3.05) is 20.3 Å². The molecule has 0 atom stereocenters. The van der Waals surface area contributed by atoms with E-state index >= 15 is 0 Å². The Balaban J connectivity index is 1.44. The molecule has 4 rings (SSSR count). The summed E-state index contributed by atoms with van der Waals surface area (Å²) in [5.41, 5.74) is 0.973. The fourth-order valence-corrected chi connectivity index (χ4v) is 4.79. The van der Waals surface area contributed by atoms with E-state index in [1.807, 2.05) is 0 Å². The maximum absolute atomic E-state index is 12.8. The minimum absolute atomic E-state index is 0.0838. The molecule has 2 amide bonds. The summed E-state index contributed by atoms with van der Waals surface area (Å²) in [5.74, 6) is 0.0377. The van der Waals surface area contributed by atoms with Crippen LogP contribution in [0.25, 0.3) is 6.08 Å². The number of thioether (sulfide) groups is 1. The Morgan fingerprint density at radius 3 is 2.53 bits per heavy atom. The normalized spacial score (nSPS) is 14.3. The van der Waals surface area contributed by atoms with Crippen LogP contribution in [0.15, 0.2) is 76.1 Å². The predicted molar refractivity (Wildman–Crippen MR) is 142 cm³/mol. The summed E-state index contributed by atoms with van der Waals surface area (Å²) in [5, 5.41) is 0.0611. The van der Waals surface area contributed by atoms with Crippen LogP contribution in [0.5, 0.6) is 17.2 Å². The number of amides is 2. The molecule has 0 aromatic heterocycles. The zero-order chi connectivity index (χ0) is 25.7. The van der Waals surface area contributed by atoms with E-state index in [9.17, 15) is 14.4 Å². The molecule has 1 aliphatic rings. The quantitative estimate of drug-likeness (QED) is 0.170. The molecular weight excluding hydrogens is 570 g/mol. The molecule has 184 valence electrons. The van der Waals surface area contributed by atoms with E-state index in [4.69, 9.17) is 25.8 Å². The monoisotopic (exact) mass is 587 g/mol. The smallest absolute Gasteiger partial charge is 0.344 e. The summed E-state index contributed by atoms with van der Waals surface area (Å²) in [6, 6.07) is 18.7. The minimum atomic E-state index is -0.548. The highest BCUT2D eigenvalue weighted by Crippen LogP contribution is 2.35. The third kappa shape index (κ3) is 5.92. The standard InChI is InChI=1S/C26H19BrClNO6S/c1-33-22-14-16(10-11-21(22)35-25(31)17-6-2-3-7-18(17)27)15-23-24(30)29(26(32)36-23)12-13-34-20-9-5-4-8-19(20)28/h2-11,14-15H,12-13H2,1H3/b23-15-. The topological polar surface area (TPSA) is 82.1 Å². The van der Waals surface area contributed by atoms with Crippen molar-refractivity contribution in [1.29, 1.82) is 0 Å². The number of methoxy groups -OCH3 is 1. The number of halogens is 2. The van der Waals surface area contributed by atoms with Crippen molar-refractivity contribution in [3.05, 3.63) is 92.3 Å². The van der Waals surface area contributed by atoms with Crippen molar-refractivity contribution in [2.45, 2.75) is 0 Å². The Bertz CT molecular complexity index is 1360. The Kier molecular flexibility index (Phi) is 8.35. The van der Waals surface area contributed by atoms with Crippen molar-refractivity contribution < 1.29 is 28.6 Å². The molecule has 0 spiro atoms. The zero-order valence-electron chi connectivity index (χ0n) is 18.9. The van der Waals surface area contributed by atoms with Gasteiger partial charge in [-0.15, -0.1) is 0 Å². The van der Waals surface area contributed by atoms with Crippen molar-refractivity contribution >= 4 is 62.5 Å². The summed E-state index contributed by atoms with van der Waals surface area (Å²) in [4.78, 5) is 39.2. The highest BCUT2D eigenvalue weighted by Gasteiger charge is 2.35. The molecular formula is C26H19BrClNO6S. The second kappa shape index (κ2) is 11.6. The SMILES string of the molecule is COc1cc(/C=C2\SC(=O)N(CCOc3ccccc3Cl)C2=O)ccc1OC(=O)c1ccccc1Br. The van der Waals surface area contributed by atoms with Gasteiger partial charge in [0, 0.05) is 4.47 Å². The van der Waals surface area contributed by atoms with Crippen LogP contribution in [-0.2, 0) is 4.79 Å². The fraction of sp³-hybridized carbons (Fsp3) is 0.115. The number of benzene rings is 3. The lowest BCUT2D eigenvalue weighted by Gasteiger charge is -2.13. The minimum Gasteiger partial charge on any atom is -0.493 e. The van der Waals surface area contributed by atoms with Gasteiger partial charge in [0.2, 0.25) is 0 Å². The number of imide groups is 1. The lowest BCUT2D eigenvalue weighted by molar-refractivity contribution is -0.123. The Labute approximate surface area is 225 Å². The van der Waals surface area contributed by atoms with E-state index in [-0.39, 0.29) is 29.0 Å². The number of carbonyl (C=O) groups excluding carboxylic acids is 3. The zero-order valence-corrected chi connectivity index (χ0v) is 22.1. The second-order valence-electron chi connectivity index (χ2n) is 7.39. The predicted octanol–water partition coefficient (Wildman–Crippen LogP) is 6.45. The maximum atomic E-state index is 12.8. The molecule has 0 bridgehead atoms. The first-order chi connectivity index (χ1) is 17.4. The van der Waals surface area contributed by atoms with Gasteiger partial charge in [0.25, 0.3) is 11.1 Å². The Hall–Kier alpha value is -3.27. The number of nitrogens with zero attached hydrogens (tertiary/aromatic N) is 1. The van der Waals surface area contributed by atoms with Crippen LogP contribution < -0.4 is 14.2 Å². The second-order valence-corrected chi connectivity index (χ2v) is 9.65. The number of carbonyl (C=O) groups is 3. The summed E-state index contributed by atoms with van der Waals surface area (Å²) in [7, 11) is 1.45. The average Bonchev–Trinajstić information content (AvgIpc) is 3.13. The van der Waals surface area contributed by atoms with Crippen LogP contribution >= 0.6 is 39.3 Å². The average molecular weight is 589 g/mol. The van der Waals surface area contributed by atoms with Crippen molar-refractivity contribution in [2.24, 2.45) is 0 Å². The molecule has 0 N–H and O–H groups in total. The van der Waals surface area contributed by atoms with Crippen molar-refractivity contribution in [3.63, 3.8) is 0 Å². The molecule has 36 heavy (non-hydrogen) atoms. The largest absolute Gasteiger partial charge is 0.493 e. The van der Waals surface area contributed by atoms with Gasteiger partial charge in [-0.3, -0.25) is 14.5 Å². The molecule has 0 saturated carbocycles. The molecule has 3 aromatic rings. The third-order valence-corrected chi connectivity index (χ3v) is 6.98. The number of hydrogen-bond acceptors (Lipinski definition) is 7. The molecule has 1 saturated heterocycles. The van der Waals surface area contributed by atoms with Crippen LogP contribution in [0.3, 0.4) is 0 Å². The van der Waals surface area contributed by atoms with Gasteiger partial charge in [-0.05, 0) is 75.7 Å². The number of para-hydroxylation sites is 1. The third-order valence-electron chi connectivity index (χ3n) is 5.06. The summed E-state index contributed by atoms with van der Waals surface area (Å²) < 4.78 is 17.1. The van der Waals surface area contributed by atoms with Gasteiger partial charge in [-0.2, -0.15) is 0 Å². The number of rotatable bonds is 8. The van der Waals surface area contributed by atoms with Crippen LogP contribution in [0, 0.1) is 0 Å².